The minimum atomic E-state index is 0.0571. The van der Waals surface area contributed by atoms with Gasteiger partial charge in [-0.05, 0) is 31.6 Å². The molecule has 3 unspecified atom stereocenters. The van der Waals surface area contributed by atoms with E-state index in [0.29, 0.717) is 12.5 Å². The van der Waals surface area contributed by atoms with Crippen LogP contribution in [0.4, 0.5) is 0 Å². The fourth-order valence-corrected chi connectivity index (χ4v) is 2.72. The number of amides is 1. The van der Waals surface area contributed by atoms with Crippen molar-refractivity contribution >= 4 is 5.91 Å². The standard InChI is InChI=1S/C11H20N2O/c1-2-9(12)6-11(14)13-7-8-3-4-10(13)5-8/h8-10H,2-7,12H2,1H3. The summed E-state index contributed by atoms with van der Waals surface area (Å²) in [5.41, 5.74) is 5.79. The van der Waals surface area contributed by atoms with Crippen molar-refractivity contribution in [3.8, 4) is 0 Å². The molecule has 2 N–H and O–H groups in total. The molecule has 1 aliphatic heterocycles. The first-order chi connectivity index (χ1) is 6.70. The molecule has 3 atom stereocenters. The van der Waals surface area contributed by atoms with Crippen LogP contribution in [0.1, 0.15) is 39.0 Å². The number of nitrogens with zero attached hydrogens (tertiary/aromatic N) is 1. The number of hydrogen-bond acceptors (Lipinski definition) is 2. The molecule has 1 saturated carbocycles. The zero-order valence-corrected chi connectivity index (χ0v) is 8.91. The van der Waals surface area contributed by atoms with E-state index >= 15 is 0 Å². The van der Waals surface area contributed by atoms with Crippen molar-refractivity contribution in [1.82, 2.24) is 4.90 Å². The molecule has 1 amide bonds. The summed E-state index contributed by atoms with van der Waals surface area (Å²) in [7, 11) is 0. The van der Waals surface area contributed by atoms with Gasteiger partial charge in [0.15, 0.2) is 0 Å². The van der Waals surface area contributed by atoms with Crippen LogP contribution in [0.5, 0.6) is 0 Å². The molecule has 2 aliphatic rings. The monoisotopic (exact) mass is 196 g/mol. The topological polar surface area (TPSA) is 46.3 Å². The maximum absolute atomic E-state index is 11.9. The first kappa shape index (κ1) is 9.97. The Kier molecular flexibility index (Phi) is 2.77. The van der Waals surface area contributed by atoms with Crippen molar-refractivity contribution in [1.29, 1.82) is 0 Å². The van der Waals surface area contributed by atoms with E-state index in [4.69, 9.17) is 5.73 Å². The molecule has 0 aromatic carbocycles. The average molecular weight is 196 g/mol. The molecule has 0 radical (unpaired) electrons. The molecular formula is C11H20N2O. The van der Waals surface area contributed by atoms with Gasteiger partial charge in [0.05, 0.1) is 0 Å². The molecule has 3 nitrogen and oxygen atoms in total. The lowest BCUT2D eigenvalue weighted by molar-refractivity contribution is -0.133. The molecule has 1 heterocycles. The summed E-state index contributed by atoms with van der Waals surface area (Å²) in [6, 6.07) is 0.609. The third-order valence-corrected chi connectivity index (χ3v) is 3.69. The molecule has 3 heteroatoms. The van der Waals surface area contributed by atoms with Gasteiger partial charge in [-0.3, -0.25) is 4.79 Å². The van der Waals surface area contributed by atoms with Crippen LogP contribution in [0.15, 0.2) is 0 Å². The van der Waals surface area contributed by atoms with Crippen molar-refractivity contribution in [2.75, 3.05) is 6.54 Å². The van der Waals surface area contributed by atoms with Gasteiger partial charge in [0, 0.05) is 25.0 Å². The Labute approximate surface area is 85.6 Å². The zero-order chi connectivity index (χ0) is 10.1. The molecule has 80 valence electrons. The molecule has 2 fully saturated rings. The molecule has 14 heavy (non-hydrogen) atoms. The molecule has 1 saturated heterocycles. The Morgan fingerprint density at radius 1 is 1.57 bits per heavy atom. The summed E-state index contributed by atoms with van der Waals surface area (Å²) in [6.07, 6.45) is 5.23. The van der Waals surface area contributed by atoms with Crippen LogP contribution in [0.25, 0.3) is 0 Å². The van der Waals surface area contributed by atoms with Crippen LogP contribution in [0.3, 0.4) is 0 Å². The maximum atomic E-state index is 11.9. The second kappa shape index (κ2) is 3.89. The molecular weight excluding hydrogens is 176 g/mol. The number of carbonyl (C=O) groups excluding carboxylic acids is 1. The summed E-state index contributed by atoms with van der Waals surface area (Å²) in [6.45, 7) is 3.04. The van der Waals surface area contributed by atoms with Crippen molar-refractivity contribution in [3.63, 3.8) is 0 Å². The number of piperidine rings is 1. The van der Waals surface area contributed by atoms with Crippen molar-refractivity contribution in [3.05, 3.63) is 0 Å². The van der Waals surface area contributed by atoms with Crippen LogP contribution in [0.2, 0.25) is 0 Å². The smallest absolute Gasteiger partial charge is 0.224 e. The SMILES string of the molecule is CCC(N)CC(=O)N1CC2CCC1C2. The number of fused-ring (bicyclic) bond motifs is 2. The molecule has 2 rings (SSSR count). The van der Waals surface area contributed by atoms with E-state index in [1.54, 1.807) is 0 Å². The summed E-state index contributed by atoms with van der Waals surface area (Å²) >= 11 is 0. The number of nitrogens with two attached hydrogens (primary N) is 1. The first-order valence-electron chi connectivity index (χ1n) is 5.75. The lowest BCUT2D eigenvalue weighted by Crippen LogP contribution is -2.40. The van der Waals surface area contributed by atoms with Crippen LogP contribution >= 0.6 is 0 Å². The van der Waals surface area contributed by atoms with Gasteiger partial charge >= 0.3 is 0 Å². The van der Waals surface area contributed by atoms with E-state index in [1.807, 2.05) is 6.92 Å². The third kappa shape index (κ3) is 1.78. The van der Waals surface area contributed by atoms with Crippen LogP contribution in [-0.4, -0.2) is 29.4 Å². The van der Waals surface area contributed by atoms with E-state index in [-0.39, 0.29) is 11.9 Å². The average Bonchev–Trinajstić information content (AvgIpc) is 2.78. The quantitative estimate of drug-likeness (QED) is 0.735. The number of hydrogen-bond donors (Lipinski definition) is 1. The van der Waals surface area contributed by atoms with Crippen LogP contribution in [0, 0.1) is 5.92 Å². The van der Waals surface area contributed by atoms with E-state index in [0.717, 1.165) is 18.9 Å². The molecule has 0 aromatic heterocycles. The Morgan fingerprint density at radius 2 is 2.36 bits per heavy atom. The van der Waals surface area contributed by atoms with Crippen molar-refractivity contribution in [2.45, 2.75) is 51.1 Å². The van der Waals surface area contributed by atoms with Gasteiger partial charge in [-0.25, -0.2) is 0 Å². The summed E-state index contributed by atoms with van der Waals surface area (Å²) in [5.74, 6) is 1.08. The second-order valence-electron chi connectivity index (χ2n) is 4.75. The zero-order valence-electron chi connectivity index (χ0n) is 8.91. The maximum Gasteiger partial charge on any atom is 0.224 e. The highest BCUT2D eigenvalue weighted by Gasteiger charge is 2.39. The Bertz CT molecular complexity index is 229. The number of carbonyl (C=O) groups is 1. The molecule has 2 bridgehead atoms. The number of likely N-dealkylation sites (tertiary alicyclic amines) is 1. The van der Waals surface area contributed by atoms with Gasteiger partial charge < -0.3 is 10.6 Å². The van der Waals surface area contributed by atoms with E-state index < -0.39 is 0 Å². The molecule has 1 aliphatic carbocycles. The van der Waals surface area contributed by atoms with Gasteiger partial charge in [0.1, 0.15) is 0 Å². The summed E-state index contributed by atoms with van der Waals surface area (Å²) in [5, 5.41) is 0. The summed E-state index contributed by atoms with van der Waals surface area (Å²) < 4.78 is 0. The van der Waals surface area contributed by atoms with Gasteiger partial charge in [-0.1, -0.05) is 6.92 Å². The Balaban J connectivity index is 1.87. The first-order valence-corrected chi connectivity index (χ1v) is 5.75. The Morgan fingerprint density at radius 3 is 2.86 bits per heavy atom. The molecule has 0 spiro atoms. The largest absolute Gasteiger partial charge is 0.339 e. The number of rotatable bonds is 3. The molecule has 0 aromatic rings. The van der Waals surface area contributed by atoms with Gasteiger partial charge in [-0.2, -0.15) is 0 Å². The van der Waals surface area contributed by atoms with E-state index in [2.05, 4.69) is 4.90 Å². The Hall–Kier alpha value is -0.570. The van der Waals surface area contributed by atoms with Crippen molar-refractivity contribution in [2.24, 2.45) is 11.7 Å². The highest BCUT2D eigenvalue weighted by Crippen LogP contribution is 2.37. The van der Waals surface area contributed by atoms with Gasteiger partial charge in [-0.15, -0.1) is 0 Å². The van der Waals surface area contributed by atoms with E-state index in [9.17, 15) is 4.79 Å². The van der Waals surface area contributed by atoms with Crippen molar-refractivity contribution < 1.29 is 4.79 Å². The van der Waals surface area contributed by atoms with E-state index in [1.165, 1.54) is 19.3 Å². The fourth-order valence-electron chi connectivity index (χ4n) is 2.72. The minimum Gasteiger partial charge on any atom is -0.339 e. The lowest BCUT2D eigenvalue weighted by atomic mass is 10.1. The van der Waals surface area contributed by atoms with Gasteiger partial charge in [0.25, 0.3) is 0 Å². The highest BCUT2D eigenvalue weighted by atomic mass is 16.2. The fraction of sp³-hybridized carbons (Fsp3) is 0.909. The second-order valence-corrected chi connectivity index (χ2v) is 4.75. The lowest BCUT2D eigenvalue weighted by Gasteiger charge is -2.27. The van der Waals surface area contributed by atoms with Gasteiger partial charge in [0.2, 0.25) is 5.91 Å². The normalized spacial score (nSPS) is 32.3. The highest BCUT2D eigenvalue weighted by molar-refractivity contribution is 5.77. The predicted octanol–water partition coefficient (Wildman–Crippen LogP) is 1.12. The third-order valence-electron chi connectivity index (χ3n) is 3.69. The van der Waals surface area contributed by atoms with Crippen LogP contribution in [-0.2, 0) is 4.79 Å². The van der Waals surface area contributed by atoms with Crippen LogP contribution < -0.4 is 5.73 Å². The minimum absolute atomic E-state index is 0.0571. The predicted molar refractivity (Wildman–Crippen MR) is 55.7 cm³/mol. The summed E-state index contributed by atoms with van der Waals surface area (Å²) in [4.78, 5) is 13.9.